The van der Waals surface area contributed by atoms with Crippen LogP contribution in [0.2, 0.25) is 0 Å². The van der Waals surface area contributed by atoms with Crippen LogP contribution in [0.1, 0.15) is 31.2 Å². The summed E-state index contributed by atoms with van der Waals surface area (Å²) in [6, 6.07) is 16.9. The largest absolute Gasteiger partial charge is 0.497 e. The number of guanidine groups is 1. The molecular formula is C23H31N3O3S. The molecule has 1 aliphatic heterocycles. The van der Waals surface area contributed by atoms with Crippen LogP contribution >= 0.6 is 0 Å². The van der Waals surface area contributed by atoms with Gasteiger partial charge in [0.25, 0.3) is 0 Å². The summed E-state index contributed by atoms with van der Waals surface area (Å²) in [5.74, 6) is 2.30. The molecule has 0 aliphatic carbocycles. The maximum Gasteiger partial charge on any atom is 0.193 e. The Hall–Kier alpha value is -2.54. The molecule has 0 bridgehead atoms. The molecule has 1 unspecified atom stereocenters. The maximum absolute atomic E-state index is 12.4. The number of methoxy groups -OCH3 is 1. The molecule has 30 heavy (non-hydrogen) atoms. The quantitative estimate of drug-likeness (QED) is 0.396. The van der Waals surface area contributed by atoms with Gasteiger partial charge in [-0.15, -0.1) is 0 Å². The van der Waals surface area contributed by atoms with Crippen molar-refractivity contribution in [3.05, 3.63) is 60.2 Å². The Morgan fingerprint density at radius 2 is 1.90 bits per heavy atom. The third-order valence-corrected chi connectivity index (χ3v) is 7.16. The standard InChI is InChI=1S/C23H31N3O3S/c1-3-24-23(25-15-7-17-30(27,28)22-8-5-4-6-9-22)26-16-14-20(18-26)19-10-12-21(29-2)13-11-19/h4-6,8-13,20H,3,7,14-18H2,1-2H3,(H,24,25). The van der Waals surface area contributed by atoms with Crippen molar-refractivity contribution in [1.82, 2.24) is 10.2 Å². The number of ether oxygens (including phenoxy) is 1. The number of hydrogen-bond donors (Lipinski definition) is 1. The first-order chi connectivity index (χ1) is 14.5. The summed E-state index contributed by atoms with van der Waals surface area (Å²) in [5, 5.41) is 3.35. The summed E-state index contributed by atoms with van der Waals surface area (Å²) in [4.78, 5) is 7.34. The van der Waals surface area contributed by atoms with Crippen molar-refractivity contribution in [2.45, 2.75) is 30.6 Å². The lowest BCUT2D eigenvalue weighted by Gasteiger charge is -2.22. The molecule has 7 heteroatoms. The Kier molecular flexibility index (Phi) is 7.74. The average Bonchev–Trinajstić information content (AvgIpc) is 3.27. The van der Waals surface area contributed by atoms with Crippen molar-refractivity contribution in [1.29, 1.82) is 0 Å². The fourth-order valence-electron chi connectivity index (χ4n) is 3.71. The van der Waals surface area contributed by atoms with Gasteiger partial charge in [0, 0.05) is 32.1 Å². The zero-order valence-electron chi connectivity index (χ0n) is 17.8. The molecule has 1 fully saturated rings. The predicted octanol–water partition coefficient (Wildman–Crippen LogP) is 3.31. The molecule has 0 aromatic heterocycles. The van der Waals surface area contributed by atoms with Gasteiger partial charge in [0.1, 0.15) is 5.75 Å². The summed E-state index contributed by atoms with van der Waals surface area (Å²) < 4.78 is 30.1. The Balaban J connectivity index is 1.56. The van der Waals surface area contributed by atoms with Gasteiger partial charge in [0.05, 0.1) is 17.8 Å². The van der Waals surface area contributed by atoms with Gasteiger partial charge in [-0.05, 0) is 49.6 Å². The number of sulfone groups is 1. The van der Waals surface area contributed by atoms with E-state index in [-0.39, 0.29) is 5.75 Å². The topological polar surface area (TPSA) is 71.0 Å². The number of nitrogens with one attached hydrogen (secondary N) is 1. The number of benzene rings is 2. The Morgan fingerprint density at radius 1 is 1.17 bits per heavy atom. The van der Waals surface area contributed by atoms with Crippen molar-refractivity contribution >= 4 is 15.8 Å². The summed E-state index contributed by atoms with van der Waals surface area (Å²) in [6.07, 6.45) is 1.57. The van der Waals surface area contributed by atoms with Crippen molar-refractivity contribution in [2.24, 2.45) is 4.99 Å². The Labute approximate surface area is 179 Å². The zero-order chi connectivity index (χ0) is 21.4. The highest BCUT2D eigenvalue weighted by Crippen LogP contribution is 2.28. The van der Waals surface area contributed by atoms with Gasteiger partial charge in [0.2, 0.25) is 0 Å². The monoisotopic (exact) mass is 429 g/mol. The molecule has 0 spiro atoms. The van der Waals surface area contributed by atoms with E-state index >= 15 is 0 Å². The summed E-state index contributed by atoms with van der Waals surface area (Å²) in [5.41, 5.74) is 1.31. The van der Waals surface area contributed by atoms with E-state index in [1.807, 2.05) is 25.1 Å². The maximum atomic E-state index is 12.4. The molecule has 2 aromatic carbocycles. The van der Waals surface area contributed by atoms with Crippen LogP contribution < -0.4 is 10.1 Å². The minimum atomic E-state index is -3.25. The van der Waals surface area contributed by atoms with Gasteiger partial charge in [0.15, 0.2) is 15.8 Å². The van der Waals surface area contributed by atoms with E-state index < -0.39 is 9.84 Å². The molecule has 2 aromatic rings. The lowest BCUT2D eigenvalue weighted by Crippen LogP contribution is -2.40. The minimum Gasteiger partial charge on any atom is -0.497 e. The van der Waals surface area contributed by atoms with Gasteiger partial charge in [-0.3, -0.25) is 4.99 Å². The third kappa shape index (κ3) is 5.75. The molecule has 1 saturated heterocycles. The highest BCUT2D eigenvalue weighted by atomic mass is 32.2. The van der Waals surface area contributed by atoms with Crippen LogP contribution in [0.25, 0.3) is 0 Å². The van der Waals surface area contributed by atoms with Crippen molar-refractivity contribution in [2.75, 3.05) is 39.0 Å². The zero-order valence-corrected chi connectivity index (χ0v) is 18.6. The smallest absolute Gasteiger partial charge is 0.193 e. The lowest BCUT2D eigenvalue weighted by molar-refractivity contribution is 0.414. The van der Waals surface area contributed by atoms with Crippen LogP contribution in [-0.2, 0) is 9.84 Å². The number of aliphatic imine (C=N–C) groups is 1. The van der Waals surface area contributed by atoms with E-state index in [2.05, 4.69) is 22.3 Å². The van der Waals surface area contributed by atoms with Gasteiger partial charge in [-0.25, -0.2) is 8.42 Å². The fourth-order valence-corrected chi connectivity index (χ4v) is 5.03. The molecule has 6 nitrogen and oxygen atoms in total. The van der Waals surface area contributed by atoms with E-state index in [1.54, 1.807) is 31.4 Å². The van der Waals surface area contributed by atoms with Gasteiger partial charge < -0.3 is 15.0 Å². The number of hydrogen-bond acceptors (Lipinski definition) is 4. The average molecular weight is 430 g/mol. The summed E-state index contributed by atoms with van der Waals surface area (Å²) in [7, 11) is -1.58. The van der Waals surface area contributed by atoms with Crippen LogP contribution in [0.3, 0.4) is 0 Å². The molecule has 0 radical (unpaired) electrons. The van der Waals surface area contributed by atoms with Crippen molar-refractivity contribution < 1.29 is 13.2 Å². The Bertz CT molecular complexity index is 928. The highest BCUT2D eigenvalue weighted by Gasteiger charge is 2.26. The second-order valence-corrected chi connectivity index (χ2v) is 9.54. The number of likely N-dealkylation sites (tertiary alicyclic amines) is 1. The summed E-state index contributed by atoms with van der Waals surface area (Å²) in [6.45, 7) is 5.15. The molecule has 1 heterocycles. The molecule has 1 atom stereocenters. The van der Waals surface area contributed by atoms with Gasteiger partial charge in [-0.1, -0.05) is 30.3 Å². The third-order valence-electron chi connectivity index (χ3n) is 5.34. The molecule has 3 rings (SSSR count). The first-order valence-electron chi connectivity index (χ1n) is 10.5. The van der Waals surface area contributed by atoms with Crippen LogP contribution in [0.15, 0.2) is 64.5 Å². The van der Waals surface area contributed by atoms with Gasteiger partial charge in [-0.2, -0.15) is 0 Å². The molecule has 1 N–H and O–H groups in total. The van der Waals surface area contributed by atoms with Crippen LogP contribution in [0.4, 0.5) is 0 Å². The van der Waals surface area contributed by atoms with Crippen molar-refractivity contribution in [3.63, 3.8) is 0 Å². The van der Waals surface area contributed by atoms with E-state index in [0.717, 1.165) is 37.8 Å². The van der Waals surface area contributed by atoms with Crippen LogP contribution in [0.5, 0.6) is 5.75 Å². The molecule has 162 valence electrons. The molecule has 0 saturated carbocycles. The molecular weight excluding hydrogens is 398 g/mol. The normalized spacial score (nSPS) is 17.2. The lowest BCUT2D eigenvalue weighted by atomic mass is 9.98. The fraction of sp³-hybridized carbons (Fsp3) is 0.435. The van der Waals surface area contributed by atoms with E-state index in [4.69, 9.17) is 9.73 Å². The second-order valence-electron chi connectivity index (χ2n) is 7.43. The minimum absolute atomic E-state index is 0.106. The number of rotatable bonds is 8. The second kappa shape index (κ2) is 10.5. The first-order valence-corrected chi connectivity index (χ1v) is 12.1. The van der Waals surface area contributed by atoms with Crippen LogP contribution in [0, 0.1) is 0 Å². The first kappa shape index (κ1) is 22.2. The highest BCUT2D eigenvalue weighted by molar-refractivity contribution is 7.91. The summed E-state index contributed by atoms with van der Waals surface area (Å²) >= 11 is 0. The Morgan fingerprint density at radius 3 is 2.57 bits per heavy atom. The van der Waals surface area contributed by atoms with E-state index in [0.29, 0.717) is 23.8 Å². The predicted molar refractivity (Wildman–Crippen MR) is 121 cm³/mol. The van der Waals surface area contributed by atoms with Crippen molar-refractivity contribution in [3.8, 4) is 5.75 Å². The molecule has 1 aliphatic rings. The number of nitrogens with zero attached hydrogens (tertiary/aromatic N) is 2. The van der Waals surface area contributed by atoms with E-state index in [1.165, 1.54) is 5.56 Å². The van der Waals surface area contributed by atoms with E-state index in [9.17, 15) is 8.42 Å². The van der Waals surface area contributed by atoms with Gasteiger partial charge >= 0.3 is 0 Å². The SMILES string of the molecule is CCNC(=NCCCS(=O)(=O)c1ccccc1)N1CCC(c2ccc(OC)cc2)C1. The molecule has 0 amide bonds. The van der Waals surface area contributed by atoms with Crippen LogP contribution in [-0.4, -0.2) is 58.3 Å².